The molecule has 1 aliphatic carbocycles. The van der Waals surface area contributed by atoms with Gasteiger partial charge in [-0.1, -0.05) is 6.07 Å². The van der Waals surface area contributed by atoms with E-state index in [9.17, 15) is 22.8 Å². The van der Waals surface area contributed by atoms with Crippen molar-refractivity contribution >= 4 is 17.6 Å². The van der Waals surface area contributed by atoms with Gasteiger partial charge in [0.25, 0.3) is 0 Å². The summed E-state index contributed by atoms with van der Waals surface area (Å²) in [4.78, 5) is 23.2. The summed E-state index contributed by atoms with van der Waals surface area (Å²) in [7, 11) is 0. The third kappa shape index (κ3) is 4.87. The van der Waals surface area contributed by atoms with E-state index < -0.39 is 36.5 Å². The molecule has 8 heteroatoms. The number of hydrogen-bond donors (Lipinski definition) is 2. The quantitative estimate of drug-likeness (QED) is 0.858. The van der Waals surface area contributed by atoms with E-state index in [1.54, 1.807) is 13.0 Å². The number of nitrogens with one attached hydrogen (secondary N) is 1. The van der Waals surface area contributed by atoms with E-state index in [4.69, 9.17) is 9.84 Å². The monoisotopic (exact) mass is 345 g/mol. The molecule has 1 amide bonds. The Labute approximate surface area is 136 Å². The van der Waals surface area contributed by atoms with Crippen molar-refractivity contribution in [1.29, 1.82) is 0 Å². The molecular formula is C16H18F3NO4. The predicted octanol–water partition coefficient (Wildman–Crippen LogP) is 3.38. The van der Waals surface area contributed by atoms with Gasteiger partial charge in [0.1, 0.15) is 5.75 Å². The van der Waals surface area contributed by atoms with Crippen LogP contribution in [-0.4, -0.2) is 29.8 Å². The fourth-order valence-electron chi connectivity index (χ4n) is 2.69. The Morgan fingerprint density at radius 2 is 1.96 bits per heavy atom. The number of amides is 1. The third-order valence-electron chi connectivity index (χ3n) is 3.94. The second kappa shape index (κ2) is 7.11. The first-order valence-electron chi connectivity index (χ1n) is 7.49. The molecule has 0 radical (unpaired) electrons. The Kier molecular flexibility index (Phi) is 5.36. The first kappa shape index (κ1) is 18.1. The summed E-state index contributed by atoms with van der Waals surface area (Å²) in [6.07, 6.45) is -3.40. The smallest absolute Gasteiger partial charge is 0.422 e. The van der Waals surface area contributed by atoms with Crippen LogP contribution >= 0.6 is 0 Å². The number of anilines is 1. The molecular weight excluding hydrogens is 327 g/mol. The maximum Gasteiger partial charge on any atom is 0.422 e. The molecule has 0 spiro atoms. The highest BCUT2D eigenvalue weighted by atomic mass is 19.4. The molecule has 1 saturated carbocycles. The van der Waals surface area contributed by atoms with Crippen LogP contribution in [0.5, 0.6) is 5.75 Å². The molecule has 1 aromatic rings. The van der Waals surface area contributed by atoms with Crippen molar-refractivity contribution < 1.29 is 32.6 Å². The molecule has 5 nitrogen and oxygen atoms in total. The highest BCUT2D eigenvalue weighted by Gasteiger charge is 2.34. The largest absolute Gasteiger partial charge is 0.482 e. The fourth-order valence-corrected chi connectivity index (χ4v) is 2.69. The van der Waals surface area contributed by atoms with Gasteiger partial charge >= 0.3 is 12.1 Å². The molecule has 2 atom stereocenters. The number of carbonyl (C=O) groups is 2. The number of alkyl halides is 3. The maximum atomic E-state index is 12.3. The molecule has 0 heterocycles. The van der Waals surface area contributed by atoms with Crippen molar-refractivity contribution in [3.63, 3.8) is 0 Å². The van der Waals surface area contributed by atoms with Gasteiger partial charge in [0.2, 0.25) is 5.91 Å². The Hall–Kier alpha value is -2.25. The predicted molar refractivity (Wildman–Crippen MR) is 79.8 cm³/mol. The van der Waals surface area contributed by atoms with Crippen LogP contribution in [0.2, 0.25) is 0 Å². The van der Waals surface area contributed by atoms with Crippen LogP contribution in [0.3, 0.4) is 0 Å². The molecule has 0 aliphatic heterocycles. The number of halogens is 3. The number of ether oxygens (including phenoxy) is 1. The van der Waals surface area contributed by atoms with Crippen LogP contribution < -0.4 is 10.1 Å². The lowest BCUT2D eigenvalue weighted by molar-refractivity contribution is -0.153. The van der Waals surface area contributed by atoms with Gasteiger partial charge in [-0.2, -0.15) is 13.2 Å². The summed E-state index contributed by atoms with van der Waals surface area (Å²) in [5.74, 6) is -2.43. The number of carboxylic acids is 1. The average molecular weight is 345 g/mol. The lowest BCUT2D eigenvalue weighted by atomic mass is 10.0. The Morgan fingerprint density at radius 3 is 2.54 bits per heavy atom. The Morgan fingerprint density at radius 1 is 1.29 bits per heavy atom. The summed E-state index contributed by atoms with van der Waals surface area (Å²) < 4.78 is 41.8. The van der Waals surface area contributed by atoms with E-state index in [-0.39, 0.29) is 17.9 Å². The summed E-state index contributed by atoms with van der Waals surface area (Å²) in [5.41, 5.74) is 0.839. The summed E-state index contributed by atoms with van der Waals surface area (Å²) in [6.45, 7) is 0.240. The minimum absolute atomic E-state index is 0.0616. The van der Waals surface area contributed by atoms with Gasteiger partial charge in [-0.3, -0.25) is 9.59 Å². The third-order valence-corrected chi connectivity index (χ3v) is 3.94. The minimum Gasteiger partial charge on any atom is -0.482 e. The molecule has 2 rings (SSSR count). The Balaban J connectivity index is 2.06. The zero-order chi connectivity index (χ0) is 17.9. The number of carbonyl (C=O) groups excluding carboxylic acids is 1. The van der Waals surface area contributed by atoms with Gasteiger partial charge in [-0.25, -0.2) is 0 Å². The van der Waals surface area contributed by atoms with Crippen LogP contribution in [0.15, 0.2) is 18.2 Å². The summed E-state index contributed by atoms with van der Waals surface area (Å²) in [6, 6.07) is 4.53. The van der Waals surface area contributed by atoms with E-state index in [0.717, 1.165) is 0 Å². The highest BCUT2D eigenvalue weighted by molar-refractivity contribution is 5.94. The zero-order valence-electron chi connectivity index (χ0n) is 13.0. The zero-order valence-corrected chi connectivity index (χ0v) is 13.0. The van der Waals surface area contributed by atoms with Gasteiger partial charge in [0.05, 0.1) is 11.6 Å². The number of aryl methyl sites for hydroxylation is 1. The SMILES string of the molecule is Cc1ccc(NC(=O)[C@@H]2CC[C@H](C(=O)O)C2)c(OCC(F)(F)F)c1. The van der Waals surface area contributed by atoms with Crippen LogP contribution in [0.25, 0.3) is 0 Å². The van der Waals surface area contributed by atoms with E-state index >= 15 is 0 Å². The number of benzene rings is 1. The maximum absolute atomic E-state index is 12.3. The van der Waals surface area contributed by atoms with Crippen LogP contribution in [-0.2, 0) is 9.59 Å². The lowest BCUT2D eigenvalue weighted by Crippen LogP contribution is -2.23. The molecule has 132 valence electrons. The van der Waals surface area contributed by atoms with Crippen molar-refractivity contribution in [3.8, 4) is 5.75 Å². The van der Waals surface area contributed by atoms with E-state index in [2.05, 4.69) is 5.32 Å². The van der Waals surface area contributed by atoms with Gasteiger partial charge < -0.3 is 15.2 Å². The first-order valence-corrected chi connectivity index (χ1v) is 7.49. The second-order valence-electron chi connectivity index (χ2n) is 5.94. The number of hydrogen-bond acceptors (Lipinski definition) is 3. The van der Waals surface area contributed by atoms with Gasteiger partial charge in [-0.05, 0) is 43.9 Å². The molecule has 1 aromatic carbocycles. The Bertz CT molecular complexity index is 630. The van der Waals surface area contributed by atoms with E-state index in [1.165, 1.54) is 12.1 Å². The molecule has 0 aromatic heterocycles. The van der Waals surface area contributed by atoms with E-state index in [0.29, 0.717) is 18.4 Å². The number of aliphatic carboxylic acids is 1. The number of rotatable bonds is 5. The standard InChI is InChI=1S/C16H18F3NO4/c1-9-2-5-12(13(6-9)24-8-16(17,18)19)20-14(21)10-3-4-11(7-10)15(22)23/h2,5-6,10-11H,3-4,7-8H2,1H3,(H,20,21)(H,22,23)/t10-,11+/m1/s1. The average Bonchev–Trinajstić information content (AvgIpc) is 2.96. The number of carboxylic acid groups (broad SMARTS) is 1. The minimum atomic E-state index is -4.48. The summed E-state index contributed by atoms with van der Waals surface area (Å²) >= 11 is 0. The highest BCUT2D eigenvalue weighted by Crippen LogP contribution is 2.33. The molecule has 1 fully saturated rings. The molecule has 0 unspecified atom stereocenters. The van der Waals surface area contributed by atoms with Crippen molar-refractivity contribution in [1.82, 2.24) is 0 Å². The van der Waals surface area contributed by atoms with Crippen molar-refractivity contribution in [2.24, 2.45) is 11.8 Å². The molecule has 0 bridgehead atoms. The van der Waals surface area contributed by atoms with Crippen molar-refractivity contribution in [2.45, 2.75) is 32.4 Å². The van der Waals surface area contributed by atoms with Gasteiger partial charge in [0, 0.05) is 5.92 Å². The van der Waals surface area contributed by atoms with Crippen LogP contribution in [0.1, 0.15) is 24.8 Å². The first-order chi connectivity index (χ1) is 11.2. The lowest BCUT2D eigenvalue weighted by Gasteiger charge is -2.16. The molecule has 0 saturated heterocycles. The van der Waals surface area contributed by atoms with Crippen molar-refractivity contribution in [3.05, 3.63) is 23.8 Å². The fraction of sp³-hybridized carbons (Fsp3) is 0.500. The molecule has 1 aliphatic rings. The van der Waals surface area contributed by atoms with Crippen LogP contribution in [0, 0.1) is 18.8 Å². The second-order valence-corrected chi connectivity index (χ2v) is 5.94. The van der Waals surface area contributed by atoms with E-state index in [1.807, 2.05) is 0 Å². The van der Waals surface area contributed by atoms with Crippen LogP contribution in [0.4, 0.5) is 18.9 Å². The van der Waals surface area contributed by atoms with Crippen molar-refractivity contribution in [2.75, 3.05) is 11.9 Å². The topological polar surface area (TPSA) is 75.6 Å². The molecule has 2 N–H and O–H groups in total. The molecule has 24 heavy (non-hydrogen) atoms. The normalized spacial score (nSPS) is 20.7. The van der Waals surface area contributed by atoms with Gasteiger partial charge in [-0.15, -0.1) is 0 Å². The summed E-state index contributed by atoms with van der Waals surface area (Å²) in [5, 5.41) is 11.5. The van der Waals surface area contributed by atoms with Gasteiger partial charge in [0.15, 0.2) is 6.61 Å².